The van der Waals surface area contributed by atoms with Crippen LogP contribution in [0.15, 0.2) is 35.0 Å². The number of carboxylic acids is 1. The van der Waals surface area contributed by atoms with Crippen LogP contribution in [0.25, 0.3) is 0 Å². The molecule has 0 aliphatic rings. The molecule has 0 fully saturated rings. The third-order valence-electron chi connectivity index (χ3n) is 1.67. The van der Waals surface area contributed by atoms with Crippen molar-refractivity contribution in [2.45, 2.75) is 11.9 Å². The number of carboxylic acid groups (broad SMARTS) is 1. The second-order valence-corrected chi connectivity index (χ2v) is 4.21. The second-order valence-electron chi connectivity index (χ2n) is 2.79. The van der Waals surface area contributed by atoms with Crippen LogP contribution in [0.4, 0.5) is 0 Å². The van der Waals surface area contributed by atoms with Crippen LogP contribution >= 0.6 is 23.4 Å². The summed E-state index contributed by atoms with van der Waals surface area (Å²) >= 11 is 7.29. The van der Waals surface area contributed by atoms with Crippen molar-refractivity contribution in [1.82, 2.24) is 4.98 Å². The highest BCUT2D eigenvalue weighted by molar-refractivity contribution is 7.99. The fraction of sp³-hybridized carbons (Fsp3) is 0.200. The predicted molar refractivity (Wildman–Crippen MR) is 61.4 cm³/mol. The number of pyridine rings is 1. The number of nitrogens with zero attached hydrogens (tertiary/aromatic N) is 1. The van der Waals surface area contributed by atoms with E-state index in [4.69, 9.17) is 16.7 Å². The van der Waals surface area contributed by atoms with Crippen LogP contribution in [0.2, 0.25) is 5.02 Å². The lowest BCUT2D eigenvalue weighted by atomic mass is 10.3. The lowest BCUT2D eigenvalue weighted by Gasteiger charge is -1.99. The molecule has 3 nitrogen and oxygen atoms in total. The number of thioether (sulfide) groups is 1. The van der Waals surface area contributed by atoms with Gasteiger partial charge in [0.25, 0.3) is 0 Å². The van der Waals surface area contributed by atoms with Crippen molar-refractivity contribution in [1.29, 1.82) is 0 Å². The second kappa shape index (κ2) is 5.78. The quantitative estimate of drug-likeness (QED) is 0.653. The molecule has 0 spiro atoms. The number of aromatic nitrogens is 1. The lowest BCUT2D eigenvalue weighted by molar-refractivity contribution is -0.132. The zero-order valence-corrected chi connectivity index (χ0v) is 9.68. The van der Waals surface area contributed by atoms with Gasteiger partial charge in [-0.15, -0.1) is 11.8 Å². The van der Waals surface area contributed by atoms with Gasteiger partial charge >= 0.3 is 5.97 Å². The minimum Gasteiger partial charge on any atom is -0.478 e. The summed E-state index contributed by atoms with van der Waals surface area (Å²) in [6, 6.07) is 3.51. The molecular formula is C10H10ClNO2S. The van der Waals surface area contributed by atoms with Gasteiger partial charge in [0.05, 0.1) is 5.02 Å². The van der Waals surface area contributed by atoms with Crippen molar-refractivity contribution in [3.63, 3.8) is 0 Å². The van der Waals surface area contributed by atoms with E-state index in [0.29, 0.717) is 21.4 Å². The van der Waals surface area contributed by atoms with Gasteiger partial charge in [0, 0.05) is 17.5 Å². The Balaban J connectivity index is 2.55. The van der Waals surface area contributed by atoms with Crippen LogP contribution in [0.3, 0.4) is 0 Å². The molecule has 0 atom stereocenters. The maximum Gasteiger partial charge on any atom is 0.330 e. The highest BCUT2D eigenvalue weighted by Crippen LogP contribution is 2.24. The van der Waals surface area contributed by atoms with E-state index in [9.17, 15) is 4.79 Å². The Morgan fingerprint density at radius 3 is 3.07 bits per heavy atom. The largest absolute Gasteiger partial charge is 0.478 e. The molecule has 1 aromatic rings. The van der Waals surface area contributed by atoms with Gasteiger partial charge in [-0.1, -0.05) is 17.7 Å². The highest BCUT2D eigenvalue weighted by atomic mass is 35.5. The molecule has 1 heterocycles. The molecule has 1 aromatic heterocycles. The molecule has 0 aromatic carbocycles. The Morgan fingerprint density at radius 1 is 1.73 bits per heavy atom. The summed E-state index contributed by atoms with van der Waals surface area (Å²) in [5.74, 6) is -0.350. The average Bonchev–Trinajstić information content (AvgIpc) is 2.20. The highest BCUT2D eigenvalue weighted by Gasteiger charge is 2.02. The smallest absolute Gasteiger partial charge is 0.330 e. The first-order chi connectivity index (χ1) is 7.11. The third kappa shape index (κ3) is 3.93. The van der Waals surface area contributed by atoms with Gasteiger partial charge in [-0.05, 0) is 19.1 Å². The number of halogens is 1. The summed E-state index contributed by atoms with van der Waals surface area (Å²) in [4.78, 5) is 14.6. The zero-order chi connectivity index (χ0) is 11.3. The van der Waals surface area contributed by atoms with Gasteiger partial charge in [0.2, 0.25) is 0 Å². The monoisotopic (exact) mass is 243 g/mol. The van der Waals surface area contributed by atoms with Gasteiger partial charge in [0.1, 0.15) is 5.03 Å². The van der Waals surface area contributed by atoms with Gasteiger partial charge in [-0.3, -0.25) is 0 Å². The summed E-state index contributed by atoms with van der Waals surface area (Å²) in [7, 11) is 0. The van der Waals surface area contributed by atoms with Crippen LogP contribution in [0, 0.1) is 0 Å². The van der Waals surface area contributed by atoms with Crippen molar-refractivity contribution >= 4 is 29.3 Å². The summed E-state index contributed by atoms with van der Waals surface area (Å²) in [5, 5.41) is 9.92. The minimum atomic E-state index is -0.900. The molecule has 1 rings (SSSR count). The Labute approximate surface area is 97.2 Å². The van der Waals surface area contributed by atoms with E-state index in [1.807, 2.05) is 0 Å². The number of aliphatic carboxylic acids is 1. The van der Waals surface area contributed by atoms with Crippen molar-refractivity contribution in [3.8, 4) is 0 Å². The minimum absolute atomic E-state index is 0.328. The molecule has 15 heavy (non-hydrogen) atoms. The number of carbonyl (C=O) groups is 1. The van der Waals surface area contributed by atoms with Gasteiger partial charge in [-0.25, -0.2) is 9.78 Å². The summed E-state index contributed by atoms with van der Waals surface area (Å²) in [6.45, 7) is 1.56. The van der Waals surface area contributed by atoms with Crippen LogP contribution < -0.4 is 0 Å². The van der Waals surface area contributed by atoms with Crippen molar-refractivity contribution in [2.24, 2.45) is 0 Å². The molecule has 0 saturated carbocycles. The Bertz CT molecular complexity index is 393. The molecule has 0 saturated heterocycles. The molecule has 0 aliphatic heterocycles. The Morgan fingerprint density at radius 2 is 2.47 bits per heavy atom. The van der Waals surface area contributed by atoms with Gasteiger partial charge in [-0.2, -0.15) is 0 Å². The first kappa shape index (κ1) is 12.1. The van der Waals surface area contributed by atoms with E-state index in [2.05, 4.69) is 4.98 Å². The van der Waals surface area contributed by atoms with E-state index in [1.165, 1.54) is 11.8 Å². The lowest BCUT2D eigenvalue weighted by Crippen LogP contribution is -1.96. The summed E-state index contributed by atoms with van der Waals surface area (Å²) in [5.41, 5.74) is 0.328. The van der Waals surface area contributed by atoms with E-state index < -0.39 is 5.97 Å². The average molecular weight is 244 g/mol. The van der Waals surface area contributed by atoms with E-state index in [-0.39, 0.29) is 0 Å². The normalized spacial score (nSPS) is 11.5. The Kier molecular flexibility index (Phi) is 4.65. The van der Waals surface area contributed by atoms with Crippen molar-refractivity contribution in [2.75, 3.05) is 5.75 Å². The maximum absolute atomic E-state index is 10.5. The third-order valence-corrected chi connectivity index (χ3v) is 3.02. The molecule has 80 valence electrons. The van der Waals surface area contributed by atoms with E-state index in [0.717, 1.165) is 0 Å². The SMILES string of the molecule is CC(=CCSc1ncccc1Cl)C(=O)O. The van der Waals surface area contributed by atoms with E-state index >= 15 is 0 Å². The molecule has 1 N–H and O–H groups in total. The zero-order valence-electron chi connectivity index (χ0n) is 8.11. The van der Waals surface area contributed by atoms with Gasteiger partial charge in [0.15, 0.2) is 0 Å². The first-order valence-electron chi connectivity index (χ1n) is 4.24. The molecule has 0 unspecified atom stereocenters. The van der Waals surface area contributed by atoms with Crippen molar-refractivity contribution in [3.05, 3.63) is 35.0 Å². The molecular weight excluding hydrogens is 234 g/mol. The standard InChI is InChI=1S/C10H10ClNO2S/c1-7(10(13)14)4-6-15-9-8(11)3-2-5-12-9/h2-5H,6H2,1H3,(H,13,14). The van der Waals surface area contributed by atoms with Crippen LogP contribution in [0.5, 0.6) is 0 Å². The number of rotatable bonds is 4. The molecule has 0 aliphatic carbocycles. The van der Waals surface area contributed by atoms with Crippen LogP contribution in [0.1, 0.15) is 6.92 Å². The fourth-order valence-electron chi connectivity index (χ4n) is 0.810. The maximum atomic E-state index is 10.5. The molecule has 0 radical (unpaired) electrons. The number of hydrogen-bond acceptors (Lipinski definition) is 3. The first-order valence-corrected chi connectivity index (χ1v) is 5.61. The van der Waals surface area contributed by atoms with Crippen LogP contribution in [-0.4, -0.2) is 21.8 Å². The molecule has 5 heteroatoms. The van der Waals surface area contributed by atoms with Crippen LogP contribution in [-0.2, 0) is 4.79 Å². The summed E-state index contributed by atoms with van der Waals surface area (Å²) < 4.78 is 0. The van der Waals surface area contributed by atoms with Gasteiger partial charge < -0.3 is 5.11 Å². The molecule has 0 amide bonds. The van der Waals surface area contributed by atoms with E-state index in [1.54, 1.807) is 31.3 Å². The predicted octanol–water partition coefficient (Wildman–Crippen LogP) is 2.86. The Hall–Kier alpha value is -1.00. The summed E-state index contributed by atoms with van der Waals surface area (Å²) in [6.07, 6.45) is 3.29. The topological polar surface area (TPSA) is 50.2 Å². The molecule has 0 bridgehead atoms. The van der Waals surface area contributed by atoms with Crippen molar-refractivity contribution < 1.29 is 9.90 Å². The fourth-order valence-corrected chi connectivity index (χ4v) is 1.93. The number of hydrogen-bond donors (Lipinski definition) is 1.